The molecule has 20 heavy (non-hydrogen) atoms. The fourth-order valence-corrected chi connectivity index (χ4v) is 4.99. The molecule has 1 aromatic heterocycles. The van der Waals surface area contributed by atoms with Crippen molar-refractivity contribution in [3.63, 3.8) is 0 Å². The topological polar surface area (TPSA) is 83.5 Å². The molecule has 1 aromatic rings. The molecule has 112 valence electrons. The maximum Gasteiger partial charge on any atom is 0.305 e. The van der Waals surface area contributed by atoms with E-state index in [1.807, 2.05) is 17.5 Å². The smallest absolute Gasteiger partial charge is 0.305 e. The van der Waals surface area contributed by atoms with Gasteiger partial charge in [0, 0.05) is 17.2 Å². The van der Waals surface area contributed by atoms with Crippen LogP contribution in [0.2, 0.25) is 0 Å². The third kappa shape index (κ3) is 3.80. The number of carbonyl (C=O) groups is 1. The highest BCUT2D eigenvalue weighted by molar-refractivity contribution is 7.91. The number of sulfone groups is 1. The second-order valence-electron chi connectivity index (χ2n) is 5.24. The maximum absolute atomic E-state index is 11.8. The summed E-state index contributed by atoms with van der Waals surface area (Å²) in [5, 5.41) is 13.8. The van der Waals surface area contributed by atoms with Gasteiger partial charge >= 0.3 is 5.97 Å². The SMILES string of the molecule is CS(=O)(=O)C1CCCC1NC(CC(=O)O)c1cccs1. The van der Waals surface area contributed by atoms with E-state index in [4.69, 9.17) is 5.11 Å². The molecule has 0 aromatic carbocycles. The van der Waals surface area contributed by atoms with Crippen molar-refractivity contribution in [3.05, 3.63) is 22.4 Å². The summed E-state index contributed by atoms with van der Waals surface area (Å²) in [4.78, 5) is 11.9. The van der Waals surface area contributed by atoms with Crippen LogP contribution in [0.3, 0.4) is 0 Å². The Kier molecular flexibility index (Phi) is 4.82. The van der Waals surface area contributed by atoms with Crippen LogP contribution in [-0.4, -0.2) is 37.0 Å². The molecule has 3 unspecified atom stereocenters. The summed E-state index contributed by atoms with van der Waals surface area (Å²) in [6.45, 7) is 0. The fourth-order valence-electron chi connectivity index (χ4n) is 2.79. The van der Waals surface area contributed by atoms with Crippen molar-refractivity contribution in [2.24, 2.45) is 0 Å². The third-order valence-corrected chi connectivity index (χ3v) is 6.33. The molecular weight excluding hydrogens is 298 g/mol. The number of nitrogens with one attached hydrogen (secondary N) is 1. The van der Waals surface area contributed by atoms with Crippen molar-refractivity contribution in [3.8, 4) is 0 Å². The van der Waals surface area contributed by atoms with Gasteiger partial charge in [-0.1, -0.05) is 12.5 Å². The Morgan fingerprint density at radius 1 is 1.55 bits per heavy atom. The van der Waals surface area contributed by atoms with E-state index in [0.29, 0.717) is 6.42 Å². The molecule has 2 N–H and O–H groups in total. The normalized spacial score (nSPS) is 24.6. The summed E-state index contributed by atoms with van der Waals surface area (Å²) in [7, 11) is -3.10. The molecule has 0 spiro atoms. The Bertz CT molecular complexity index is 553. The summed E-state index contributed by atoms with van der Waals surface area (Å²) in [6, 6.07) is 3.28. The van der Waals surface area contributed by atoms with E-state index < -0.39 is 21.1 Å². The van der Waals surface area contributed by atoms with Crippen LogP contribution in [0.25, 0.3) is 0 Å². The van der Waals surface area contributed by atoms with Crippen molar-refractivity contribution in [1.82, 2.24) is 5.32 Å². The van der Waals surface area contributed by atoms with Gasteiger partial charge in [0.05, 0.1) is 17.7 Å². The molecular formula is C13H19NO4S2. The number of aliphatic carboxylic acids is 1. The van der Waals surface area contributed by atoms with Crippen LogP contribution in [0.4, 0.5) is 0 Å². The van der Waals surface area contributed by atoms with E-state index in [0.717, 1.165) is 17.7 Å². The first kappa shape index (κ1) is 15.5. The van der Waals surface area contributed by atoms with Crippen molar-refractivity contribution in [1.29, 1.82) is 0 Å². The van der Waals surface area contributed by atoms with Gasteiger partial charge in [-0.3, -0.25) is 4.79 Å². The highest BCUT2D eigenvalue weighted by Crippen LogP contribution is 2.30. The standard InChI is InChI=1S/C13H19NO4S2/c1-20(17,18)12-6-2-4-9(12)14-10(8-13(15)16)11-5-3-7-19-11/h3,5,7,9-10,12,14H,2,4,6,8H2,1H3,(H,15,16). The van der Waals surface area contributed by atoms with Crippen LogP contribution in [0.5, 0.6) is 0 Å². The molecule has 0 aliphatic heterocycles. The minimum absolute atomic E-state index is 0.0342. The van der Waals surface area contributed by atoms with E-state index in [1.165, 1.54) is 17.6 Å². The summed E-state index contributed by atoms with van der Waals surface area (Å²) in [6.07, 6.45) is 3.52. The highest BCUT2D eigenvalue weighted by atomic mass is 32.2. The van der Waals surface area contributed by atoms with Gasteiger partial charge in [-0.15, -0.1) is 11.3 Å². The Labute approximate surface area is 122 Å². The molecule has 3 atom stereocenters. The van der Waals surface area contributed by atoms with Crippen LogP contribution in [0.1, 0.15) is 36.6 Å². The zero-order chi connectivity index (χ0) is 14.8. The molecule has 0 saturated heterocycles. The highest BCUT2D eigenvalue weighted by Gasteiger charge is 2.36. The van der Waals surface area contributed by atoms with Gasteiger partial charge in [-0.05, 0) is 24.3 Å². The zero-order valence-electron chi connectivity index (χ0n) is 11.3. The zero-order valence-corrected chi connectivity index (χ0v) is 12.9. The monoisotopic (exact) mass is 317 g/mol. The Morgan fingerprint density at radius 2 is 2.30 bits per heavy atom. The molecule has 0 radical (unpaired) electrons. The van der Waals surface area contributed by atoms with Gasteiger partial charge in [0.25, 0.3) is 0 Å². The quantitative estimate of drug-likeness (QED) is 0.836. The van der Waals surface area contributed by atoms with E-state index >= 15 is 0 Å². The molecule has 5 nitrogen and oxygen atoms in total. The lowest BCUT2D eigenvalue weighted by atomic mass is 10.1. The van der Waals surface area contributed by atoms with Crippen LogP contribution in [0, 0.1) is 0 Å². The summed E-state index contributed by atoms with van der Waals surface area (Å²) < 4.78 is 23.6. The van der Waals surface area contributed by atoms with Gasteiger partial charge in [0.2, 0.25) is 0 Å². The van der Waals surface area contributed by atoms with E-state index in [1.54, 1.807) is 0 Å². The van der Waals surface area contributed by atoms with Crippen LogP contribution in [0.15, 0.2) is 17.5 Å². The number of hydrogen-bond donors (Lipinski definition) is 2. The first-order valence-electron chi connectivity index (χ1n) is 6.58. The summed E-state index contributed by atoms with van der Waals surface area (Å²) in [5.74, 6) is -0.884. The van der Waals surface area contributed by atoms with E-state index in [9.17, 15) is 13.2 Å². The fraction of sp³-hybridized carbons (Fsp3) is 0.615. The molecule has 1 saturated carbocycles. The van der Waals surface area contributed by atoms with Crippen molar-refractivity contribution in [2.45, 2.75) is 43.0 Å². The van der Waals surface area contributed by atoms with Gasteiger partial charge in [-0.25, -0.2) is 8.42 Å². The molecule has 0 amide bonds. The average molecular weight is 317 g/mol. The van der Waals surface area contributed by atoms with Gasteiger partial charge in [-0.2, -0.15) is 0 Å². The first-order valence-corrected chi connectivity index (χ1v) is 9.41. The maximum atomic E-state index is 11.8. The number of carboxylic acid groups (broad SMARTS) is 1. The number of rotatable bonds is 6. The number of hydrogen-bond acceptors (Lipinski definition) is 5. The van der Waals surface area contributed by atoms with Gasteiger partial charge in [0.15, 0.2) is 9.84 Å². The second-order valence-corrected chi connectivity index (χ2v) is 8.48. The number of thiophene rings is 1. The Balaban J connectivity index is 2.13. The minimum Gasteiger partial charge on any atom is -0.481 e. The molecule has 7 heteroatoms. The molecule has 1 heterocycles. The van der Waals surface area contributed by atoms with Crippen LogP contribution < -0.4 is 5.32 Å². The minimum atomic E-state index is -3.10. The van der Waals surface area contributed by atoms with Crippen molar-refractivity contribution in [2.75, 3.05) is 6.26 Å². The predicted molar refractivity (Wildman–Crippen MR) is 78.7 cm³/mol. The molecule has 1 aliphatic carbocycles. The Morgan fingerprint density at radius 3 is 2.85 bits per heavy atom. The van der Waals surface area contributed by atoms with Crippen molar-refractivity contribution >= 4 is 27.1 Å². The van der Waals surface area contributed by atoms with E-state index in [-0.39, 0.29) is 18.5 Å². The van der Waals surface area contributed by atoms with Gasteiger partial charge < -0.3 is 10.4 Å². The predicted octanol–water partition coefficient (Wildman–Crippen LogP) is 1.82. The average Bonchev–Trinajstić information content (AvgIpc) is 2.97. The first-order chi connectivity index (χ1) is 9.38. The lowest BCUT2D eigenvalue weighted by molar-refractivity contribution is -0.137. The largest absolute Gasteiger partial charge is 0.481 e. The van der Waals surface area contributed by atoms with Crippen molar-refractivity contribution < 1.29 is 18.3 Å². The number of carboxylic acids is 1. The third-order valence-electron chi connectivity index (χ3n) is 3.68. The van der Waals surface area contributed by atoms with Crippen LogP contribution >= 0.6 is 11.3 Å². The van der Waals surface area contributed by atoms with Gasteiger partial charge in [0.1, 0.15) is 0 Å². The lowest BCUT2D eigenvalue weighted by Gasteiger charge is -2.25. The Hall–Kier alpha value is -0.920. The van der Waals surface area contributed by atoms with Crippen LogP contribution in [-0.2, 0) is 14.6 Å². The second kappa shape index (κ2) is 6.24. The molecule has 2 rings (SSSR count). The summed E-state index contributed by atoms with van der Waals surface area (Å²) >= 11 is 1.49. The molecule has 1 aliphatic rings. The molecule has 0 bridgehead atoms. The summed E-state index contributed by atoms with van der Waals surface area (Å²) in [5.41, 5.74) is 0. The van der Waals surface area contributed by atoms with E-state index in [2.05, 4.69) is 5.32 Å². The lowest BCUT2D eigenvalue weighted by Crippen LogP contribution is -2.42. The molecule has 1 fully saturated rings.